The minimum Gasteiger partial charge on any atom is -0.507 e. The number of ether oxygens (including phenoxy) is 5. The highest BCUT2D eigenvalue weighted by molar-refractivity contribution is 5.73. The van der Waals surface area contributed by atoms with Crippen molar-refractivity contribution in [3.05, 3.63) is 39.4 Å². The number of benzene rings is 2. The predicted octanol–water partition coefficient (Wildman–Crippen LogP) is 2.64. The fourth-order valence-electron chi connectivity index (χ4n) is 7.52. The fraction of sp³-hybridized carbons (Fsp3) is 0.533. The van der Waals surface area contributed by atoms with Crippen molar-refractivity contribution in [2.45, 2.75) is 63.8 Å². The van der Waals surface area contributed by atoms with E-state index in [1.54, 1.807) is 14.2 Å². The van der Waals surface area contributed by atoms with Crippen LogP contribution in [0.3, 0.4) is 0 Å². The molecule has 41 heavy (non-hydrogen) atoms. The van der Waals surface area contributed by atoms with Crippen LogP contribution in [0.4, 0.5) is 0 Å². The summed E-state index contributed by atoms with van der Waals surface area (Å²) in [6, 6.07) is 3.25. The van der Waals surface area contributed by atoms with Gasteiger partial charge in [-0.1, -0.05) is 6.07 Å². The molecule has 1 fully saturated rings. The molecule has 0 spiro atoms. The summed E-state index contributed by atoms with van der Waals surface area (Å²) in [5.74, 6) is 2.34. The summed E-state index contributed by atoms with van der Waals surface area (Å²) in [4.78, 5) is 16.7. The molecule has 2 aromatic rings. The summed E-state index contributed by atoms with van der Waals surface area (Å²) in [7, 11) is 5.26. The molecular formula is C30H36N4O7. The number of aromatic hydroxyl groups is 1. The van der Waals surface area contributed by atoms with Crippen molar-refractivity contribution in [2.75, 3.05) is 41.4 Å². The van der Waals surface area contributed by atoms with Gasteiger partial charge in [-0.05, 0) is 44.9 Å². The number of aryl methyl sites for hydroxylation is 1. The number of methoxy groups -OCH3 is 2. The summed E-state index contributed by atoms with van der Waals surface area (Å²) >= 11 is 0. The first-order valence-corrected chi connectivity index (χ1v) is 13.8. The van der Waals surface area contributed by atoms with Crippen LogP contribution in [0, 0.1) is 25.2 Å². The van der Waals surface area contributed by atoms with Gasteiger partial charge in [-0.25, -0.2) is 0 Å². The van der Waals surface area contributed by atoms with E-state index < -0.39 is 12.1 Å². The molecule has 0 radical (unpaired) electrons. The number of carbonyl (C=O) groups is 1. The lowest BCUT2D eigenvalue weighted by Crippen LogP contribution is -2.68. The average Bonchev–Trinajstić information content (AvgIpc) is 3.43. The van der Waals surface area contributed by atoms with Crippen molar-refractivity contribution in [2.24, 2.45) is 0 Å². The van der Waals surface area contributed by atoms with Crippen molar-refractivity contribution < 1.29 is 33.6 Å². The maximum absolute atomic E-state index is 12.2. The largest absolute Gasteiger partial charge is 0.507 e. The number of carbonyl (C=O) groups excluding carboxylic acids is 1. The lowest BCUT2D eigenvalue weighted by atomic mass is 9.71. The van der Waals surface area contributed by atoms with Crippen LogP contribution in [0.5, 0.6) is 28.7 Å². The monoisotopic (exact) mass is 564 g/mol. The number of amides is 1. The maximum atomic E-state index is 12.2. The van der Waals surface area contributed by atoms with E-state index in [-0.39, 0.29) is 49.9 Å². The third kappa shape index (κ3) is 4.00. The minimum absolute atomic E-state index is 0.0464. The third-order valence-corrected chi connectivity index (χ3v) is 9.14. The fourth-order valence-corrected chi connectivity index (χ4v) is 7.52. The van der Waals surface area contributed by atoms with Gasteiger partial charge in [0.2, 0.25) is 12.7 Å². The van der Waals surface area contributed by atoms with Gasteiger partial charge in [0, 0.05) is 54.9 Å². The van der Waals surface area contributed by atoms with Crippen molar-refractivity contribution in [3.63, 3.8) is 0 Å². The van der Waals surface area contributed by atoms with Crippen molar-refractivity contribution in [1.82, 2.24) is 15.1 Å². The Kier molecular flexibility index (Phi) is 6.88. The van der Waals surface area contributed by atoms with Gasteiger partial charge in [0.25, 0.3) is 0 Å². The number of piperazine rings is 1. The molecule has 0 saturated carbocycles. The van der Waals surface area contributed by atoms with Gasteiger partial charge >= 0.3 is 0 Å². The van der Waals surface area contributed by atoms with Gasteiger partial charge in [0.05, 0.1) is 25.3 Å². The zero-order chi connectivity index (χ0) is 29.2. The second-order valence-electron chi connectivity index (χ2n) is 11.2. The van der Waals surface area contributed by atoms with Crippen LogP contribution in [-0.4, -0.2) is 80.3 Å². The Labute approximate surface area is 239 Å². The average molecular weight is 565 g/mol. The molecule has 4 heterocycles. The molecule has 2 bridgehead atoms. The summed E-state index contributed by atoms with van der Waals surface area (Å²) in [5, 5.41) is 25.2. The van der Waals surface area contributed by atoms with Gasteiger partial charge in [0.15, 0.2) is 29.8 Å². The number of nitrogens with zero attached hydrogens (tertiary/aromatic N) is 3. The first-order valence-electron chi connectivity index (χ1n) is 13.8. The van der Waals surface area contributed by atoms with Crippen molar-refractivity contribution in [1.29, 1.82) is 5.26 Å². The van der Waals surface area contributed by atoms with Crippen LogP contribution in [0.1, 0.15) is 52.4 Å². The van der Waals surface area contributed by atoms with Crippen LogP contribution in [0.15, 0.2) is 6.07 Å². The maximum Gasteiger partial charge on any atom is 0.231 e. The summed E-state index contributed by atoms with van der Waals surface area (Å²) in [6.45, 7) is 5.63. The Balaban J connectivity index is 1.60. The number of phenols is 1. The van der Waals surface area contributed by atoms with E-state index in [4.69, 9.17) is 23.7 Å². The highest BCUT2D eigenvalue weighted by Crippen LogP contribution is 2.58. The Morgan fingerprint density at radius 3 is 2.61 bits per heavy atom. The van der Waals surface area contributed by atoms with E-state index in [1.165, 1.54) is 6.92 Å². The molecule has 4 aliphatic heterocycles. The highest BCUT2D eigenvalue weighted by Gasteiger charge is 2.56. The molecular weight excluding hydrogens is 528 g/mol. The SMILES string of the molecule is COCOc1c(OC)c(C)cc2c1[C@@H]1C3Cc4c(O)c(C)c5c(c4[C@H](CNC(C)=O)N3[C@@H](C#N)[C@@H](C2)N1C)OCO5. The molecule has 5 atom stereocenters. The molecule has 0 aromatic heterocycles. The normalized spacial score (nSPS) is 25.9. The number of hydrogen-bond acceptors (Lipinski definition) is 10. The smallest absolute Gasteiger partial charge is 0.231 e. The van der Waals surface area contributed by atoms with Gasteiger partial charge in [-0.15, -0.1) is 0 Å². The van der Waals surface area contributed by atoms with Crippen molar-refractivity contribution in [3.8, 4) is 34.8 Å². The summed E-state index contributed by atoms with van der Waals surface area (Å²) < 4.78 is 29.1. The van der Waals surface area contributed by atoms with Gasteiger partial charge in [-0.2, -0.15) is 5.26 Å². The molecule has 2 aromatic carbocycles. The molecule has 1 saturated heterocycles. The number of rotatable bonds is 6. The molecule has 218 valence electrons. The topological polar surface area (TPSA) is 126 Å². The minimum atomic E-state index is -0.492. The second-order valence-corrected chi connectivity index (χ2v) is 11.2. The third-order valence-electron chi connectivity index (χ3n) is 9.14. The van der Waals surface area contributed by atoms with E-state index in [9.17, 15) is 15.2 Å². The molecule has 0 aliphatic carbocycles. The number of fused-ring (bicyclic) bond motifs is 9. The molecule has 6 rings (SSSR count). The van der Waals surface area contributed by atoms with Crippen LogP contribution >= 0.6 is 0 Å². The Morgan fingerprint density at radius 1 is 1.17 bits per heavy atom. The quantitative estimate of drug-likeness (QED) is 0.506. The highest BCUT2D eigenvalue weighted by atomic mass is 16.7. The number of hydrogen-bond donors (Lipinski definition) is 2. The first kappa shape index (κ1) is 27.4. The molecule has 1 unspecified atom stereocenters. The number of nitriles is 1. The van der Waals surface area contributed by atoms with E-state index in [0.717, 1.165) is 27.8 Å². The number of likely N-dealkylation sites (N-methyl/N-ethyl adjacent to an activating group) is 1. The molecule has 11 heteroatoms. The van der Waals surface area contributed by atoms with Crippen molar-refractivity contribution >= 4 is 5.91 Å². The van der Waals surface area contributed by atoms with E-state index >= 15 is 0 Å². The first-order chi connectivity index (χ1) is 19.7. The number of nitrogens with one attached hydrogen (secondary N) is 1. The second kappa shape index (κ2) is 10.3. The van der Waals surface area contributed by atoms with E-state index in [1.807, 2.05) is 13.8 Å². The van der Waals surface area contributed by atoms with Gasteiger partial charge in [-0.3, -0.25) is 14.6 Å². The Morgan fingerprint density at radius 2 is 1.93 bits per heavy atom. The summed E-state index contributed by atoms with van der Waals surface area (Å²) in [5.41, 5.74) is 5.19. The van der Waals surface area contributed by atoms with Gasteiger partial charge < -0.3 is 34.1 Å². The lowest BCUT2D eigenvalue weighted by molar-refractivity contribution is -0.120. The number of phenolic OH excluding ortho intramolecular Hbond substituents is 1. The van der Waals surface area contributed by atoms with Crippen LogP contribution in [0.25, 0.3) is 0 Å². The van der Waals surface area contributed by atoms with Crippen LogP contribution in [-0.2, 0) is 22.4 Å². The molecule has 1 amide bonds. The Bertz CT molecular complexity index is 1450. The Hall–Kier alpha value is -3.72. The zero-order valence-corrected chi connectivity index (χ0v) is 24.2. The van der Waals surface area contributed by atoms with E-state index in [0.29, 0.717) is 41.4 Å². The van der Waals surface area contributed by atoms with Gasteiger partial charge in [0.1, 0.15) is 11.8 Å². The molecule has 2 N–H and O–H groups in total. The summed E-state index contributed by atoms with van der Waals surface area (Å²) in [6.07, 6.45) is 1.09. The molecule has 11 nitrogen and oxygen atoms in total. The van der Waals surface area contributed by atoms with Crippen LogP contribution in [0.2, 0.25) is 0 Å². The van der Waals surface area contributed by atoms with E-state index in [2.05, 4.69) is 34.3 Å². The molecule has 4 aliphatic rings. The standard InChI is InChI=1S/C30H36N4O7/c1-14-7-17-8-19-21(10-31)34-20(25(33(19)4)23(17)29(27(14)38-6)39-12-37-5)9-18-24(22(34)11-32-16(3)35)30-28(40-13-41-30)15(2)26(18)36/h7,19-22,25,36H,8-9,11-13H2,1-6H3,(H,32,35)/t19-,20?,21+,22+,25+/m1/s1. The van der Waals surface area contributed by atoms with Crippen LogP contribution < -0.4 is 24.3 Å². The lowest BCUT2D eigenvalue weighted by Gasteiger charge is -2.60. The predicted molar refractivity (Wildman–Crippen MR) is 147 cm³/mol. The zero-order valence-electron chi connectivity index (χ0n) is 24.2.